The van der Waals surface area contributed by atoms with Gasteiger partial charge in [-0.25, -0.2) is 4.79 Å². The summed E-state index contributed by atoms with van der Waals surface area (Å²) in [4.78, 5) is 47.3. The van der Waals surface area contributed by atoms with Gasteiger partial charge in [-0.1, -0.05) is 20.3 Å². The average molecular weight is 394 g/mol. The number of hydrogen-bond acceptors (Lipinski definition) is 7. The maximum absolute atomic E-state index is 12.0. The maximum Gasteiger partial charge on any atom is 0.328 e. The molecule has 9 heteroatoms. The van der Waals surface area contributed by atoms with Crippen molar-refractivity contribution in [2.45, 2.75) is 26.3 Å². The van der Waals surface area contributed by atoms with Gasteiger partial charge in [0.25, 0.3) is 11.8 Å². The predicted octanol–water partition coefficient (Wildman–Crippen LogP) is 0.672. The summed E-state index contributed by atoms with van der Waals surface area (Å²) in [6.07, 6.45) is 0.650. The van der Waals surface area contributed by atoms with E-state index in [1.165, 1.54) is 14.2 Å². The van der Waals surface area contributed by atoms with Gasteiger partial charge < -0.3 is 24.8 Å². The van der Waals surface area contributed by atoms with Gasteiger partial charge in [-0.2, -0.15) is 0 Å². The molecule has 0 saturated carbocycles. The first kappa shape index (κ1) is 22.9. The SMILES string of the molecule is CC[C@@H](C)[C@H](NC(=O)COC(=O)CNC(=O)c1ccc(OC)cc1)C(=O)OC. The van der Waals surface area contributed by atoms with Crippen LogP contribution in [0.2, 0.25) is 0 Å². The van der Waals surface area contributed by atoms with Crippen molar-refractivity contribution >= 4 is 23.8 Å². The van der Waals surface area contributed by atoms with Crippen LogP contribution in [0.3, 0.4) is 0 Å². The topological polar surface area (TPSA) is 120 Å². The molecule has 0 saturated heterocycles. The molecule has 0 aliphatic carbocycles. The highest BCUT2D eigenvalue weighted by Crippen LogP contribution is 2.11. The monoisotopic (exact) mass is 394 g/mol. The van der Waals surface area contributed by atoms with E-state index in [0.717, 1.165) is 0 Å². The molecular weight excluding hydrogens is 368 g/mol. The van der Waals surface area contributed by atoms with Crippen molar-refractivity contribution in [1.29, 1.82) is 0 Å². The number of carbonyl (C=O) groups is 4. The van der Waals surface area contributed by atoms with Crippen molar-refractivity contribution in [2.75, 3.05) is 27.4 Å². The molecule has 0 heterocycles. The molecule has 0 fully saturated rings. The third-order valence-corrected chi connectivity index (χ3v) is 4.09. The largest absolute Gasteiger partial charge is 0.497 e. The Morgan fingerprint density at radius 3 is 2.25 bits per heavy atom. The van der Waals surface area contributed by atoms with E-state index in [4.69, 9.17) is 9.47 Å². The van der Waals surface area contributed by atoms with E-state index in [0.29, 0.717) is 17.7 Å². The van der Waals surface area contributed by atoms with Crippen LogP contribution in [0.15, 0.2) is 24.3 Å². The summed E-state index contributed by atoms with van der Waals surface area (Å²) >= 11 is 0. The van der Waals surface area contributed by atoms with E-state index >= 15 is 0 Å². The number of hydrogen-bond donors (Lipinski definition) is 2. The fraction of sp³-hybridized carbons (Fsp3) is 0.474. The zero-order valence-electron chi connectivity index (χ0n) is 16.4. The van der Waals surface area contributed by atoms with E-state index in [1.54, 1.807) is 31.2 Å². The third kappa shape index (κ3) is 7.26. The first-order valence-corrected chi connectivity index (χ1v) is 8.77. The summed E-state index contributed by atoms with van der Waals surface area (Å²) in [6.45, 7) is 2.70. The molecule has 1 aromatic carbocycles. The van der Waals surface area contributed by atoms with Gasteiger partial charge in [-0.05, 0) is 30.2 Å². The molecule has 2 atom stereocenters. The number of rotatable bonds is 10. The van der Waals surface area contributed by atoms with Gasteiger partial charge in [0.15, 0.2) is 6.61 Å². The third-order valence-electron chi connectivity index (χ3n) is 4.09. The molecule has 0 bridgehead atoms. The smallest absolute Gasteiger partial charge is 0.328 e. The molecule has 1 aromatic rings. The van der Waals surface area contributed by atoms with Crippen LogP contribution < -0.4 is 15.4 Å². The summed E-state index contributed by atoms with van der Waals surface area (Å²) in [5.41, 5.74) is 0.348. The molecule has 0 aliphatic heterocycles. The Hall–Kier alpha value is -3.10. The van der Waals surface area contributed by atoms with Crippen LogP contribution in [0.4, 0.5) is 0 Å². The minimum Gasteiger partial charge on any atom is -0.497 e. The number of ether oxygens (including phenoxy) is 3. The standard InChI is InChI=1S/C19H26N2O7/c1-5-12(2)17(19(25)27-4)21-15(22)11-28-16(23)10-20-18(24)13-6-8-14(26-3)9-7-13/h6-9,12,17H,5,10-11H2,1-4H3,(H,20,24)(H,21,22)/t12-,17+/m1/s1. The number of amides is 2. The Labute approximate surface area is 163 Å². The van der Waals surface area contributed by atoms with Crippen LogP contribution in [0.25, 0.3) is 0 Å². The van der Waals surface area contributed by atoms with Crippen molar-refractivity contribution in [2.24, 2.45) is 5.92 Å². The normalized spacial score (nSPS) is 12.3. The van der Waals surface area contributed by atoms with Crippen molar-refractivity contribution in [3.63, 3.8) is 0 Å². The Morgan fingerprint density at radius 2 is 1.71 bits per heavy atom. The van der Waals surface area contributed by atoms with Gasteiger partial charge >= 0.3 is 11.9 Å². The minimum absolute atomic E-state index is 0.143. The highest BCUT2D eigenvalue weighted by molar-refractivity contribution is 5.96. The molecule has 2 amide bonds. The minimum atomic E-state index is -0.823. The van der Waals surface area contributed by atoms with Crippen LogP contribution in [-0.2, 0) is 23.9 Å². The van der Waals surface area contributed by atoms with Crippen LogP contribution in [0.1, 0.15) is 30.6 Å². The number of esters is 2. The highest BCUT2D eigenvalue weighted by Gasteiger charge is 2.26. The molecule has 0 spiro atoms. The van der Waals surface area contributed by atoms with Crippen molar-refractivity contribution in [1.82, 2.24) is 10.6 Å². The first-order valence-electron chi connectivity index (χ1n) is 8.77. The maximum atomic E-state index is 12.0. The Kier molecular flexibility index (Phi) is 9.49. The molecule has 0 aliphatic rings. The molecule has 1 rings (SSSR count). The number of benzene rings is 1. The summed E-state index contributed by atoms with van der Waals surface area (Å²) in [5.74, 6) is -1.99. The quantitative estimate of drug-likeness (QED) is 0.560. The van der Waals surface area contributed by atoms with Crippen LogP contribution in [-0.4, -0.2) is 57.2 Å². The second kappa shape index (κ2) is 11.6. The van der Waals surface area contributed by atoms with Gasteiger partial charge in [0, 0.05) is 5.56 Å². The molecular formula is C19H26N2O7. The van der Waals surface area contributed by atoms with Crippen molar-refractivity contribution in [3.8, 4) is 5.75 Å². The van der Waals surface area contributed by atoms with E-state index in [2.05, 4.69) is 15.4 Å². The lowest BCUT2D eigenvalue weighted by molar-refractivity contribution is -0.150. The second-order valence-corrected chi connectivity index (χ2v) is 6.03. The van der Waals surface area contributed by atoms with Gasteiger partial charge in [-0.3, -0.25) is 14.4 Å². The highest BCUT2D eigenvalue weighted by atomic mass is 16.5. The van der Waals surface area contributed by atoms with Gasteiger partial charge in [0.05, 0.1) is 14.2 Å². The van der Waals surface area contributed by atoms with Gasteiger partial charge in [-0.15, -0.1) is 0 Å². The lowest BCUT2D eigenvalue weighted by Gasteiger charge is -2.21. The van der Waals surface area contributed by atoms with Crippen molar-refractivity contribution < 1.29 is 33.4 Å². The number of carbonyl (C=O) groups excluding carboxylic acids is 4. The fourth-order valence-electron chi connectivity index (χ4n) is 2.21. The molecule has 2 N–H and O–H groups in total. The average Bonchev–Trinajstić information content (AvgIpc) is 2.73. The molecule has 0 unspecified atom stereocenters. The number of methoxy groups -OCH3 is 2. The lowest BCUT2D eigenvalue weighted by atomic mass is 9.99. The molecule has 9 nitrogen and oxygen atoms in total. The van der Waals surface area contributed by atoms with Crippen molar-refractivity contribution in [3.05, 3.63) is 29.8 Å². The Balaban J connectivity index is 2.43. The van der Waals surface area contributed by atoms with Crippen LogP contribution in [0.5, 0.6) is 5.75 Å². The molecule has 0 aromatic heterocycles. The number of nitrogens with one attached hydrogen (secondary N) is 2. The summed E-state index contributed by atoms with van der Waals surface area (Å²) in [6, 6.07) is 5.51. The van der Waals surface area contributed by atoms with E-state index in [9.17, 15) is 19.2 Å². The Bertz CT molecular complexity index is 688. The summed E-state index contributed by atoms with van der Waals surface area (Å²) < 4.78 is 14.5. The van der Waals surface area contributed by atoms with Crippen LogP contribution in [0, 0.1) is 5.92 Å². The molecule has 0 radical (unpaired) electrons. The first-order chi connectivity index (χ1) is 13.3. The van der Waals surface area contributed by atoms with Crippen LogP contribution >= 0.6 is 0 Å². The zero-order valence-corrected chi connectivity index (χ0v) is 16.4. The van der Waals surface area contributed by atoms with Gasteiger partial charge in [0.2, 0.25) is 0 Å². The van der Waals surface area contributed by atoms with E-state index < -0.39 is 42.9 Å². The second-order valence-electron chi connectivity index (χ2n) is 6.03. The predicted molar refractivity (Wildman–Crippen MR) is 99.7 cm³/mol. The van der Waals surface area contributed by atoms with E-state index in [-0.39, 0.29) is 5.92 Å². The molecule has 154 valence electrons. The zero-order chi connectivity index (χ0) is 21.1. The van der Waals surface area contributed by atoms with Gasteiger partial charge in [0.1, 0.15) is 18.3 Å². The Morgan fingerprint density at radius 1 is 1.07 bits per heavy atom. The molecule has 28 heavy (non-hydrogen) atoms. The lowest BCUT2D eigenvalue weighted by Crippen LogP contribution is -2.47. The van der Waals surface area contributed by atoms with E-state index in [1.807, 2.05) is 6.92 Å². The summed E-state index contributed by atoms with van der Waals surface area (Å²) in [5, 5.41) is 4.88. The summed E-state index contributed by atoms with van der Waals surface area (Å²) in [7, 11) is 2.74. The fourth-order valence-corrected chi connectivity index (χ4v) is 2.21.